The number of thiazole rings is 1. The van der Waals surface area contributed by atoms with Gasteiger partial charge in [-0.2, -0.15) is 10.1 Å². The number of rotatable bonds is 3. The number of nitrogens with zero attached hydrogens (tertiary/aromatic N) is 4. The molecule has 0 saturated carbocycles. The molecule has 0 saturated heterocycles. The Bertz CT molecular complexity index is 1010. The van der Waals surface area contributed by atoms with Crippen molar-refractivity contribution in [1.82, 2.24) is 15.0 Å². The number of hydrogen-bond acceptors (Lipinski definition) is 8. The summed E-state index contributed by atoms with van der Waals surface area (Å²) in [6, 6.07) is 4.85. The lowest BCUT2D eigenvalue weighted by Crippen LogP contribution is -2.17. The molecule has 7 nitrogen and oxygen atoms in total. The van der Waals surface area contributed by atoms with E-state index in [1.54, 1.807) is 12.3 Å². The van der Waals surface area contributed by atoms with Crippen molar-refractivity contribution in [3.05, 3.63) is 36.3 Å². The largest absolute Gasteiger partial charge is 0.573 e. The first-order valence-corrected chi connectivity index (χ1v) is 8.73. The number of halogens is 3. The third-order valence-electron chi connectivity index (χ3n) is 3.60. The molecule has 4 heterocycles. The van der Waals surface area contributed by atoms with Gasteiger partial charge in [0, 0.05) is 12.3 Å². The van der Waals surface area contributed by atoms with Gasteiger partial charge in [-0.3, -0.25) is 10.4 Å². The second kappa shape index (κ2) is 6.99. The normalized spacial score (nSPS) is 15.9. The van der Waals surface area contributed by atoms with Crippen LogP contribution in [0.25, 0.3) is 10.3 Å². The highest BCUT2D eigenvalue weighted by Crippen LogP contribution is 2.30. The van der Waals surface area contributed by atoms with Crippen LogP contribution in [0.2, 0.25) is 0 Å². The van der Waals surface area contributed by atoms with Crippen molar-refractivity contribution in [3.8, 4) is 11.5 Å². The van der Waals surface area contributed by atoms with Crippen molar-refractivity contribution in [2.24, 2.45) is 5.10 Å². The Morgan fingerprint density at radius 1 is 1.30 bits per heavy atom. The molecule has 0 spiro atoms. The number of pyridine rings is 2. The average Bonchev–Trinajstić information content (AvgIpc) is 2.90. The Hall–Kier alpha value is -2.95. The topological polar surface area (TPSA) is 81.5 Å². The summed E-state index contributed by atoms with van der Waals surface area (Å²) < 4.78 is 46.9. The van der Waals surface area contributed by atoms with Crippen LogP contribution in [0, 0.1) is 0 Å². The van der Waals surface area contributed by atoms with Crippen LogP contribution in [0.1, 0.15) is 18.5 Å². The quantitative estimate of drug-likeness (QED) is 0.676. The molecule has 11 heteroatoms. The van der Waals surface area contributed by atoms with Gasteiger partial charge in [-0.15, -0.1) is 13.2 Å². The number of nitrogens with one attached hydrogen (secondary N) is 1. The van der Waals surface area contributed by atoms with E-state index in [0.29, 0.717) is 39.9 Å². The van der Waals surface area contributed by atoms with E-state index in [1.165, 1.54) is 6.07 Å². The maximum Gasteiger partial charge on any atom is 0.573 e. The average molecular weight is 395 g/mol. The smallest absolute Gasteiger partial charge is 0.491 e. The third-order valence-corrected chi connectivity index (χ3v) is 4.50. The van der Waals surface area contributed by atoms with Crippen molar-refractivity contribution in [2.75, 3.05) is 12.0 Å². The van der Waals surface area contributed by atoms with Crippen LogP contribution in [0.5, 0.6) is 11.5 Å². The lowest BCUT2D eigenvalue weighted by molar-refractivity contribution is -0.274. The highest BCUT2D eigenvalue weighted by atomic mass is 32.1. The van der Waals surface area contributed by atoms with E-state index in [-0.39, 0.29) is 0 Å². The Balaban J connectivity index is 1.58. The van der Waals surface area contributed by atoms with Gasteiger partial charge in [0.1, 0.15) is 17.2 Å². The van der Waals surface area contributed by atoms with Crippen molar-refractivity contribution in [3.63, 3.8) is 0 Å². The van der Waals surface area contributed by atoms with Crippen LogP contribution in [0.4, 0.5) is 18.3 Å². The molecule has 0 aliphatic carbocycles. The van der Waals surface area contributed by atoms with Crippen LogP contribution in [-0.2, 0) is 0 Å². The molecular formula is C16H12F3N5O2S. The predicted molar refractivity (Wildman–Crippen MR) is 93.2 cm³/mol. The monoisotopic (exact) mass is 395 g/mol. The first kappa shape index (κ1) is 17.5. The molecule has 1 N–H and O–H groups in total. The number of hydrogen-bond donors (Lipinski definition) is 1. The van der Waals surface area contributed by atoms with Gasteiger partial charge in [0.25, 0.3) is 0 Å². The number of alkyl halides is 3. The standard InChI is InChI=1S/C16H12F3N5O2S/c17-16(18,19)26-9-7-12-14(21-8-9)22-15(27-12)24-23-10-3-2-6-25-11-4-1-5-20-13(10)11/h1,4-5,7-8H,2-3,6H2,(H,21,22,24)/b23-10+. The first-order chi connectivity index (χ1) is 13.0. The summed E-state index contributed by atoms with van der Waals surface area (Å²) in [5.41, 5.74) is 4.52. The molecular weight excluding hydrogens is 383 g/mol. The van der Waals surface area contributed by atoms with Gasteiger partial charge in [0.05, 0.1) is 23.2 Å². The molecule has 3 aromatic heterocycles. The zero-order chi connectivity index (χ0) is 18.9. The van der Waals surface area contributed by atoms with Gasteiger partial charge in [-0.05, 0) is 25.0 Å². The minimum absolute atomic E-state index is 0.306. The molecule has 0 fully saturated rings. The number of anilines is 1. The van der Waals surface area contributed by atoms with Crippen LogP contribution in [-0.4, -0.2) is 33.6 Å². The molecule has 0 unspecified atom stereocenters. The molecule has 4 rings (SSSR count). The van der Waals surface area contributed by atoms with Crippen LogP contribution in [0.3, 0.4) is 0 Å². The summed E-state index contributed by atoms with van der Waals surface area (Å²) in [4.78, 5) is 12.4. The Labute approximate surface area is 154 Å². The SMILES string of the molecule is FC(F)(F)Oc1cnc2nc(N/N=C3\CCCOc4cccnc43)sc2c1. The number of aromatic nitrogens is 3. The summed E-state index contributed by atoms with van der Waals surface area (Å²) in [5.74, 6) is 0.269. The number of ether oxygens (including phenoxy) is 2. The molecule has 1 aliphatic heterocycles. The van der Waals surface area contributed by atoms with Gasteiger partial charge < -0.3 is 9.47 Å². The minimum atomic E-state index is -4.77. The minimum Gasteiger partial charge on any atom is -0.491 e. The van der Waals surface area contributed by atoms with E-state index >= 15 is 0 Å². The molecule has 1 aliphatic rings. The number of fused-ring (bicyclic) bond motifs is 2. The first-order valence-electron chi connectivity index (χ1n) is 7.91. The molecule has 3 aromatic rings. The highest BCUT2D eigenvalue weighted by Gasteiger charge is 2.31. The summed E-state index contributed by atoms with van der Waals surface area (Å²) in [7, 11) is 0. The highest BCUT2D eigenvalue weighted by molar-refractivity contribution is 7.22. The molecule has 140 valence electrons. The molecule has 0 bridgehead atoms. The third kappa shape index (κ3) is 4.08. The van der Waals surface area contributed by atoms with Gasteiger partial charge in [-0.1, -0.05) is 11.3 Å². The molecule has 0 atom stereocenters. The lowest BCUT2D eigenvalue weighted by atomic mass is 10.1. The van der Waals surface area contributed by atoms with Crippen LogP contribution in [0.15, 0.2) is 35.7 Å². The fourth-order valence-electron chi connectivity index (χ4n) is 2.53. The zero-order valence-electron chi connectivity index (χ0n) is 13.7. The van der Waals surface area contributed by atoms with E-state index in [9.17, 15) is 13.2 Å². The fourth-order valence-corrected chi connectivity index (χ4v) is 3.32. The van der Waals surface area contributed by atoms with Crippen LogP contribution >= 0.6 is 11.3 Å². The Morgan fingerprint density at radius 3 is 3.04 bits per heavy atom. The Morgan fingerprint density at radius 2 is 2.19 bits per heavy atom. The number of hydrazone groups is 1. The maximum atomic E-state index is 12.3. The second-order valence-corrected chi connectivity index (χ2v) is 6.56. The van der Waals surface area contributed by atoms with Crippen molar-refractivity contribution >= 4 is 32.5 Å². The molecule has 0 radical (unpaired) electrons. The lowest BCUT2D eigenvalue weighted by Gasteiger charge is -2.07. The summed E-state index contributed by atoms with van der Waals surface area (Å²) in [6.45, 7) is 0.574. The van der Waals surface area contributed by atoms with Gasteiger partial charge in [-0.25, -0.2) is 4.98 Å². The van der Waals surface area contributed by atoms with Gasteiger partial charge in [0.2, 0.25) is 5.13 Å². The predicted octanol–water partition coefficient (Wildman–Crippen LogP) is 3.97. The van der Waals surface area contributed by atoms with Crippen molar-refractivity contribution < 1.29 is 22.6 Å². The van der Waals surface area contributed by atoms with E-state index in [0.717, 1.165) is 29.7 Å². The Kier molecular flexibility index (Phi) is 4.52. The van der Waals surface area contributed by atoms with Gasteiger partial charge >= 0.3 is 6.36 Å². The summed E-state index contributed by atoms with van der Waals surface area (Å²) >= 11 is 1.12. The summed E-state index contributed by atoms with van der Waals surface area (Å²) in [5, 5.41) is 4.76. The zero-order valence-corrected chi connectivity index (χ0v) is 14.5. The van der Waals surface area contributed by atoms with E-state index in [1.807, 2.05) is 6.07 Å². The van der Waals surface area contributed by atoms with E-state index < -0.39 is 12.1 Å². The van der Waals surface area contributed by atoms with Gasteiger partial charge in [0.15, 0.2) is 5.65 Å². The molecule has 27 heavy (non-hydrogen) atoms. The fraction of sp³-hybridized carbons (Fsp3) is 0.250. The maximum absolute atomic E-state index is 12.3. The second-order valence-electron chi connectivity index (χ2n) is 5.53. The van der Waals surface area contributed by atoms with Crippen molar-refractivity contribution in [2.45, 2.75) is 19.2 Å². The van der Waals surface area contributed by atoms with E-state index in [4.69, 9.17) is 4.74 Å². The van der Waals surface area contributed by atoms with Crippen LogP contribution < -0.4 is 14.9 Å². The molecule has 0 amide bonds. The summed E-state index contributed by atoms with van der Waals surface area (Å²) in [6.07, 6.45) is -0.671. The van der Waals surface area contributed by atoms with Crippen molar-refractivity contribution in [1.29, 1.82) is 0 Å². The molecule has 0 aromatic carbocycles. The van der Waals surface area contributed by atoms with E-state index in [2.05, 4.69) is 30.2 Å².